The smallest absolute Gasteiger partial charge is 0.324 e. The first-order valence-electron chi connectivity index (χ1n) is 13.5. The highest BCUT2D eigenvalue weighted by atomic mass is 35.5. The molecule has 1 unspecified atom stereocenters. The van der Waals surface area contributed by atoms with Crippen molar-refractivity contribution in [1.82, 2.24) is 5.32 Å². The minimum atomic E-state index is -4.60. The Balaban J connectivity index is 1.50. The van der Waals surface area contributed by atoms with Gasteiger partial charge in [-0.05, 0) is 78.7 Å². The van der Waals surface area contributed by atoms with Gasteiger partial charge in [0.15, 0.2) is 0 Å². The molecule has 0 aliphatic rings. The normalized spacial score (nSPS) is 12.3. The molecule has 12 heteroatoms. The van der Waals surface area contributed by atoms with Crippen LogP contribution in [0.4, 0.5) is 28.9 Å². The maximum atomic E-state index is 13.4. The second kappa shape index (κ2) is 14.9. The van der Waals surface area contributed by atoms with Crippen LogP contribution in [0, 0.1) is 5.82 Å². The fourth-order valence-corrected chi connectivity index (χ4v) is 5.19. The number of anilines is 2. The molecule has 3 N–H and O–H groups in total. The van der Waals surface area contributed by atoms with E-state index in [1.807, 2.05) is 0 Å². The number of carbonyl (C=O) groups excluding carboxylic acids is 3. The molecule has 0 bridgehead atoms. The summed E-state index contributed by atoms with van der Waals surface area (Å²) in [4.78, 5) is 39.8. The van der Waals surface area contributed by atoms with E-state index in [9.17, 15) is 31.9 Å². The number of thioether (sulfide) groups is 1. The van der Waals surface area contributed by atoms with Gasteiger partial charge in [0.1, 0.15) is 11.5 Å². The highest BCUT2D eigenvalue weighted by molar-refractivity contribution is 8.00. The quantitative estimate of drug-likeness (QED) is 0.0910. The average molecular weight is 656 g/mol. The molecule has 0 aliphatic carbocycles. The first-order valence-corrected chi connectivity index (χ1v) is 14.8. The van der Waals surface area contributed by atoms with Gasteiger partial charge in [-0.1, -0.05) is 54.9 Å². The van der Waals surface area contributed by atoms with Crippen molar-refractivity contribution < 1.29 is 31.9 Å². The second-order valence-electron chi connectivity index (χ2n) is 9.61. The predicted octanol–water partition coefficient (Wildman–Crippen LogP) is 8.42. The molecule has 45 heavy (non-hydrogen) atoms. The summed E-state index contributed by atoms with van der Waals surface area (Å²) in [5, 5.41) is 7.07. The monoisotopic (exact) mass is 655 g/mol. The van der Waals surface area contributed by atoms with Gasteiger partial charge in [-0.25, -0.2) is 4.39 Å². The lowest BCUT2D eigenvalue weighted by Crippen LogP contribution is -2.30. The van der Waals surface area contributed by atoms with Crippen molar-refractivity contribution >= 4 is 58.5 Å². The van der Waals surface area contributed by atoms with Crippen LogP contribution in [0.25, 0.3) is 6.08 Å². The first kappa shape index (κ1) is 33.3. The lowest BCUT2D eigenvalue weighted by molar-refractivity contribution is -0.137. The molecule has 3 amide bonds. The van der Waals surface area contributed by atoms with Gasteiger partial charge in [0.25, 0.3) is 11.8 Å². The second-order valence-corrected chi connectivity index (χ2v) is 11.3. The molecule has 232 valence electrons. The molecule has 0 heterocycles. The van der Waals surface area contributed by atoms with E-state index in [4.69, 9.17) is 11.6 Å². The van der Waals surface area contributed by atoms with Gasteiger partial charge in [0, 0.05) is 16.1 Å². The van der Waals surface area contributed by atoms with Crippen LogP contribution in [0.1, 0.15) is 34.8 Å². The third-order valence-electron chi connectivity index (χ3n) is 6.29. The lowest BCUT2D eigenvalue weighted by Gasteiger charge is -2.17. The average Bonchev–Trinajstić information content (AvgIpc) is 3.01. The zero-order valence-electron chi connectivity index (χ0n) is 23.6. The molecule has 0 saturated heterocycles. The number of benzene rings is 4. The Labute approximate surface area is 265 Å². The van der Waals surface area contributed by atoms with Gasteiger partial charge in [-0.15, -0.1) is 11.8 Å². The van der Waals surface area contributed by atoms with Crippen LogP contribution in [0.15, 0.2) is 108 Å². The van der Waals surface area contributed by atoms with Crippen molar-refractivity contribution in [3.63, 3.8) is 0 Å². The summed E-state index contributed by atoms with van der Waals surface area (Å²) < 4.78 is 52.9. The van der Waals surface area contributed by atoms with Gasteiger partial charge in [0.2, 0.25) is 5.91 Å². The standard InChI is InChI=1S/C33H26ClF4N3O3S/c1-2-29(32(44)40-27-18-22(33(36,37)38)13-16-26(27)34)45-25-10-6-9-24(19-25)39-31(43)28(17-20-11-14-23(35)15-12-20)41-30(42)21-7-4-3-5-8-21/h3-19,29H,2H2,1H3,(H,39,43)(H,40,44)(H,41,42)/b28-17-. The molecule has 1 atom stereocenters. The van der Waals surface area contributed by atoms with E-state index in [0.29, 0.717) is 28.1 Å². The molecule has 6 nitrogen and oxygen atoms in total. The number of rotatable bonds is 10. The molecule has 4 rings (SSSR count). The van der Waals surface area contributed by atoms with Crippen LogP contribution in [0.5, 0.6) is 0 Å². The van der Waals surface area contributed by atoms with Crippen molar-refractivity contribution in [2.75, 3.05) is 10.6 Å². The van der Waals surface area contributed by atoms with Crippen molar-refractivity contribution in [3.05, 3.63) is 130 Å². The van der Waals surface area contributed by atoms with Gasteiger partial charge >= 0.3 is 6.18 Å². The Morgan fingerprint density at radius 3 is 2.27 bits per heavy atom. The van der Waals surface area contributed by atoms with E-state index in [1.54, 1.807) is 61.5 Å². The summed E-state index contributed by atoms with van der Waals surface area (Å²) in [5.41, 5.74) is -0.0629. The highest BCUT2D eigenvalue weighted by Crippen LogP contribution is 2.35. The topological polar surface area (TPSA) is 87.3 Å². The predicted molar refractivity (Wildman–Crippen MR) is 168 cm³/mol. The van der Waals surface area contributed by atoms with Gasteiger partial charge in [0.05, 0.1) is 21.5 Å². The molecule has 4 aromatic carbocycles. The maximum absolute atomic E-state index is 13.4. The van der Waals surface area contributed by atoms with Crippen molar-refractivity contribution in [2.24, 2.45) is 0 Å². The summed E-state index contributed by atoms with van der Waals surface area (Å²) in [6.07, 6.45) is -2.86. The summed E-state index contributed by atoms with van der Waals surface area (Å²) in [5.74, 6) is -2.19. The minimum Gasteiger partial charge on any atom is -0.324 e. The Kier molecular flexibility index (Phi) is 11.0. The van der Waals surface area contributed by atoms with E-state index < -0.39 is 40.5 Å². The number of alkyl halides is 3. The number of hydrogen-bond donors (Lipinski definition) is 3. The van der Waals surface area contributed by atoms with Crippen LogP contribution in [-0.2, 0) is 15.8 Å². The molecule has 0 aromatic heterocycles. The molecule has 0 radical (unpaired) electrons. The zero-order chi connectivity index (χ0) is 32.6. The Hall–Kier alpha value is -4.61. The SMILES string of the molecule is CCC(Sc1cccc(NC(=O)/C(=C/c2ccc(F)cc2)NC(=O)c2ccccc2)c1)C(=O)Nc1cc(C(F)(F)F)ccc1Cl. The Morgan fingerprint density at radius 2 is 1.60 bits per heavy atom. The van der Waals surface area contributed by atoms with E-state index in [2.05, 4.69) is 16.0 Å². The van der Waals surface area contributed by atoms with Gasteiger partial charge in [-0.3, -0.25) is 14.4 Å². The fraction of sp³-hybridized carbons (Fsp3) is 0.121. The van der Waals surface area contributed by atoms with Crippen molar-refractivity contribution in [2.45, 2.75) is 29.7 Å². The van der Waals surface area contributed by atoms with Gasteiger partial charge in [-0.2, -0.15) is 13.2 Å². The van der Waals surface area contributed by atoms with E-state index in [0.717, 1.165) is 30.0 Å². The molecule has 0 spiro atoms. The molecule has 0 aliphatic heterocycles. The summed E-state index contributed by atoms with van der Waals surface area (Å²) in [7, 11) is 0. The minimum absolute atomic E-state index is 0.0373. The molecule has 0 saturated carbocycles. The third-order valence-corrected chi connectivity index (χ3v) is 7.98. The van der Waals surface area contributed by atoms with Crippen molar-refractivity contribution in [3.8, 4) is 0 Å². The summed E-state index contributed by atoms with van der Waals surface area (Å²) in [6.45, 7) is 1.75. The number of nitrogens with one attached hydrogen (secondary N) is 3. The maximum Gasteiger partial charge on any atom is 0.416 e. The van der Waals surface area contributed by atoms with Crippen molar-refractivity contribution in [1.29, 1.82) is 0 Å². The molecular weight excluding hydrogens is 630 g/mol. The lowest BCUT2D eigenvalue weighted by atomic mass is 10.1. The summed E-state index contributed by atoms with van der Waals surface area (Å²) >= 11 is 7.19. The highest BCUT2D eigenvalue weighted by Gasteiger charge is 2.31. The largest absolute Gasteiger partial charge is 0.416 e. The fourth-order valence-electron chi connectivity index (χ4n) is 4.01. The number of carbonyl (C=O) groups is 3. The van der Waals surface area contributed by atoms with Crippen LogP contribution in [0.2, 0.25) is 5.02 Å². The van der Waals surface area contributed by atoms with E-state index in [1.165, 1.54) is 30.3 Å². The zero-order valence-corrected chi connectivity index (χ0v) is 25.2. The summed E-state index contributed by atoms with van der Waals surface area (Å²) in [6, 6.07) is 22.9. The van der Waals surface area contributed by atoms with E-state index in [-0.39, 0.29) is 16.4 Å². The van der Waals surface area contributed by atoms with Crippen LogP contribution in [-0.4, -0.2) is 23.0 Å². The Morgan fingerprint density at radius 1 is 0.889 bits per heavy atom. The third kappa shape index (κ3) is 9.44. The molecular formula is C33H26ClF4N3O3S. The number of amides is 3. The Bertz CT molecular complexity index is 1710. The van der Waals surface area contributed by atoms with Crippen LogP contribution in [0.3, 0.4) is 0 Å². The number of hydrogen-bond acceptors (Lipinski definition) is 4. The van der Waals surface area contributed by atoms with E-state index >= 15 is 0 Å². The van der Waals surface area contributed by atoms with Crippen LogP contribution >= 0.6 is 23.4 Å². The van der Waals surface area contributed by atoms with Gasteiger partial charge < -0.3 is 16.0 Å². The molecule has 4 aromatic rings. The number of halogens is 5. The first-order chi connectivity index (χ1) is 21.4. The van der Waals surface area contributed by atoms with Crippen LogP contribution < -0.4 is 16.0 Å². The molecule has 0 fully saturated rings.